The number of rotatable bonds is 7. The summed E-state index contributed by atoms with van der Waals surface area (Å²) in [5, 5.41) is 0. The molecule has 0 saturated heterocycles. The zero-order valence-corrected chi connectivity index (χ0v) is 11.1. The van der Waals surface area contributed by atoms with Crippen LogP contribution < -0.4 is 10.5 Å². The second kappa shape index (κ2) is 7.65. The lowest BCUT2D eigenvalue weighted by Gasteiger charge is -2.08. The smallest absolute Gasteiger partial charge is 0.120 e. The first kappa shape index (κ1) is 13.5. The van der Waals surface area contributed by atoms with Crippen LogP contribution in [0.4, 0.5) is 0 Å². The van der Waals surface area contributed by atoms with Crippen molar-refractivity contribution in [2.45, 2.75) is 19.9 Å². The number of hydrogen-bond acceptors (Lipinski definition) is 3. The van der Waals surface area contributed by atoms with Crippen molar-refractivity contribution in [2.24, 2.45) is 5.73 Å². The molecule has 4 heteroatoms. The van der Waals surface area contributed by atoms with Gasteiger partial charge in [-0.05, 0) is 24.1 Å². The molecule has 90 valence electrons. The predicted molar refractivity (Wildman–Crippen MR) is 68.6 cm³/mol. The van der Waals surface area contributed by atoms with E-state index in [1.165, 1.54) is 0 Å². The number of hydrogen-bond donors (Lipinski definition) is 1. The van der Waals surface area contributed by atoms with Crippen LogP contribution in [0.5, 0.6) is 5.75 Å². The largest absolute Gasteiger partial charge is 0.491 e. The van der Waals surface area contributed by atoms with Gasteiger partial charge in [0.15, 0.2) is 0 Å². The van der Waals surface area contributed by atoms with Crippen LogP contribution in [0.1, 0.15) is 18.9 Å². The number of halogens is 1. The maximum Gasteiger partial charge on any atom is 0.120 e. The molecule has 1 rings (SSSR count). The fourth-order valence-electron chi connectivity index (χ4n) is 1.25. The molecule has 0 aliphatic heterocycles. The van der Waals surface area contributed by atoms with E-state index in [1.807, 2.05) is 18.2 Å². The Bertz CT molecular complexity index is 318. The second-order valence-corrected chi connectivity index (χ2v) is 4.27. The normalized spacial score (nSPS) is 10.4. The summed E-state index contributed by atoms with van der Waals surface area (Å²) in [5.74, 6) is 0.837. The molecule has 1 aromatic rings. The van der Waals surface area contributed by atoms with Gasteiger partial charge in [-0.15, -0.1) is 0 Å². The van der Waals surface area contributed by atoms with E-state index in [2.05, 4.69) is 22.9 Å². The van der Waals surface area contributed by atoms with Crippen molar-refractivity contribution < 1.29 is 9.47 Å². The predicted octanol–water partition coefficient (Wildman–Crippen LogP) is 2.71. The Kier molecular flexibility index (Phi) is 6.45. The van der Waals surface area contributed by atoms with Gasteiger partial charge < -0.3 is 15.2 Å². The van der Waals surface area contributed by atoms with E-state index in [4.69, 9.17) is 15.2 Å². The van der Waals surface area contributed by atoms with Crippen LogP contribution in [0.2, 0.25) is 0 Å². The van der Waals surface area contributed by atoms with Gasteiger partial charge in [0.05, 0.1) is 6.61 Å². The molecule has 0 aliphatic rings. The van der Waals surface area contributed by atoms with Gasteiger partial charge in [0, 0.05) is 17.6 Å². The lowest BCUT2D eigenvalue weighted by Crippen LogP contribution is -2.07. The van der Waals surface area contributed by atoms with Gasteiger partial charge >= 0.3 is 0 Å². The van der Waals surface area contributed by atoms with E-state index in [0.717, 1.165) is 28.8 Å². The summed E-state index contributed by atoms with van der Waals surface area (Å²) in [7, 11) is 0. The number of nitrogens with two attached hydrogens (primary N) is 1. The summed E-state index contributed by atoms with van der Waals surface area (Å²) in [6, 6.07) is 5.82. The van der Waals surface area contributed by atoms with E-state index in [0.29, 0.717) is 19.8 Å². The highest BCUT2D eigenvalue weighted by Gasteiger charge is 2.00. The number of ether oxygens (including phenoxy) is 2. The molecular formula is C12H18BrNO2. The Hall–Kier alpha value is -0.580. The minimum atomic E-state index is 0.528. The first-order valence-electron chi connectivity index (χ1n) is 5.47. The van der Waals surface area contributed by atoms with Gasteiger partial charge in [0.2, 0.25) is 0 Å². The molecule has 0 unspecified atom stereocenters. The van der Waals surface area contributed by atoms with Crippen molar-refractivity contribution in [3.63, 3.8) is 0 Å². The first-order valence-corrected chi connectivity index (χ1v) is 6.26. The molecule has 16 heavy (non-hydrogen) atoms. The molecule has 0 aliphatic carbocycles. The molecule has 0 aromatic heterocycles. The van der Waals surface area contributed by atoms with Crippen molar-refractivity contribution in [3.05, 3.63) is 28.2 Å². The van der Waals surface area contributed by atoms with Gasteiger partial charge in [-0.3, -0.25) is 0 Å². The fourth-order valence-corrected chi connectivity index (χ4v) is 1.77. The molecule has 0 heterocycles. The summed E-state index contributed by atoms with van der Waals surface area (Å²) in [5.41, 5.74) is 6.64. The zero-order chi connectivity index (χ0) is 11.8. The summed E-state index contributed by atoms with van der Waals surface area (Å²) in [6.07, 6.45) is 1.04. The van der Waals surface area contributed by atoms with Gasteiger partial charge in [-0.2, -0.15) is 0 Å². The van der Waals surface area contributed by atoms with Gasteiger partial charge in [-0.25, -0.2) is 0 Å². The summed E-state index contributed by atoms with van der Waals surface area (Å²) >= 11 is 3.45. The Morgan fingerprint density at radius 2 is 2.06 bits per heavy atom. The Balaban J connectivity index is 2.34. The maximum atomic E-state index is 5.56. The quantitative estimate of drug-likeness (QED) is 0.785. The van der Waals surface area contributed by atoms with Gasteiger partial charge in [-0.1, -0.05) is 28.9 Å². The molecule has 0 spiro atoms. The van der Waals surface area contributed by atoms with Crippen LogP contribution in [0.3, 0.4) is 0 Å². The van der Waals surface area contributed by atoms with E-state index in [9.17, 15) is 0 Å². The van der Waals surface area contributed by atoms with E-state index in [1.54, 1.807) is 0 Å². The highest BCUT2D eigenvalue weighted by molar-refractivity contribution is 9.10. The third-order valence-electron chi connectivity index (χ3n) is 2.09. The topological polar surface area (TPSA) is 44.5 Å². The third-order valence-corrected chi connectivity index (χ3v) is 2.83. The standard InChI is InChI=1S/C12H18BrNO2/c1-2-5-15-6-7-16-11-4-3-10(9-14)12(13)8-11/h3-4,8H,2,5-7,9,14H2,1H3. The van der Waals surface area contributed by atoms with Gasteiger partial charge in [0.1, 0.15) is 12.4 Å². The lowest BCUT2D eigenvalue weighted by atomic mass is 10.2. The Morgan fingerprint density at radius 1 is 1.25 bits per heavy atom. The Labute approximate surface area is 105 Å². The average Bonchev–Trinajstić information content (AvgIpc) is 2.29. The molecule has 2 N–H and O–H groups in total. The summed E-state index contributed by atoms with van der Waals surface area (Å²) in [4.78, 5) is 0. The number of benzene rings is 1. The lowest BCUT2D eigenvalue weighted by molar-refractivity contribution is 0.101. The molecular weight excluding hydrogens is 270 g/mol. The molecule has 0 atom stereocenters. The summed E-state index contributed by atoms with van der Waals surface area (Å²) in [6.45, 7) is 4.61. The van der Waals surface area contributed by atoms with Crippen LogP contribution in [-0.2, 0) is 11.3 Å². The molecule has 0 amide bonds. The fraction of sp³-hybridized carbons (Fsp3) is 0.500. The molecule has 1 aromatic carbocycles. The van der Waals surface area contributed by atoms with E-state index < -0.39 is 0 Å². The second-order valence-electron chi connectivity index (χ2n) is 3.42. The minimum absolute atomic E-state index is 0.528. The zero-order valence-electron chi connectivity index (χ0n) is 9.54. The van der Waals surface area contributed by atoms with Crippen LogP contribution >= 0.6 is 15.9 Å². The van der Waals surface area contributed by atoms with Crippen molar-refractivity contribution in [1.82, 2.24) is 0 Å². The van der Waals surface area contributed by atoms with Crippen LogP contribution in [-0.4, -0.2) is 19.8 Å². The third kappa shape index (κ3) is 4.51. The highest BCUT2D eigenvalue weighted by Crippen LogP contribution is 2.22. The Morgan fingerprint density at radius 3 is 2.69 bits per heavy atom. The van der Waals surface area contributed by atoms with Crippen molar-refractivity contribution in [2.75, 3.05) is 19.8 Å². The van der Waals surface area contributed by atoms with Crippen molar-refractivity contribution in [3.8, 4) is 5.75 Å². The average molecular weight is 288 g/mol. The molecule has 0 bridgehead atoms. The monoisotopic (exact) mass is 287 g/mol. The van der Waals surface area contributed by atoms with Crippen molar-refractivity contribution >= 4 is 15.9 Å². The summed E-state index contributed by atoms with van der Waals surface area (Å²) < 4.78 is 11.8. The van der Waals surface area contributed by atoms with Crippen molar-refractivity contribution in [1.29, 1.82) is 0 Å². The van der Waals surface area contributed by atoms with E-state index >= 15 is 0 Å². The molecule has 0 fully saturated rings. The molecule has 0 saturated carbocycles. The SMILES string of the molecule is CCCOCCOc1ccc(CN)c(Br)c1. The molecule has 3 nitrogen and oxygen atoms in total. The first-order chi connectivity index (χ1) is 7.77. The minimum Gasteiger partial charge on any atom is -0.491 e. The van der Waals surface area contributed by atoms with Crippen LogP contribution in [0.15, 0.2) is 22.7 Å². The van der Waals surface area contributed by atoms with Crippen LogP contribution in [0, 0.1) is 0 Å². The van der Waals surface area contributed by atoms with Gasteiger partial charge in [0.25, 0.3) is 0 Å². The maximum absolute atomic E-state index is 5.56. The highest BCUT2D eigenvalue weighted by atomic mass is 79.9. The van der Waals surface area contributed by atoms with Crippen LogP contribution in [0.25, 0.3) is 0 Å². The van der Waals surface area contributed by atoms with E-state index in [-0.39, 0.29) is 0 Å². The molecule has 0 radical (unpaired) electrons.